The van der Waals surface area contributed by atoms with Crippen molar-refractivity contribution in [2.45, 2.75) is 72.1 Å². The maximum absolute atomic E-state index is 13.1. The third-order valence-corrected chi connectivity index (χ3v) is 5.67. The number of carbonyl (C=O) groups is 1. The van der Waals surface area contributed by atoms with E-state index >= 15 is 0 Å². The molecule has 0 aliphatic rings. The molecule has 0 radical (unpaired) electrons. The molecule has 0 N–H and O–H groups in total. The normalized spacial score (nSPS) is 12.4. The summed E-state index contributed by atoms with van der Waals surface area (Å²) in [5.41, 5.74) is 0.381. The lowest BCUT2D eigenvalue weighted by Gasteiger charge is -2.21. The van der Waals surface area contributed by atoms with Crippen molar-refractivity contribution in [2.75, 3.05) is 0 Å². The Balaban J connectivity index is 2.02. The molecule has 33 heavy (non-hydrogen) atoms. The van der Waals surface area contributed by atoms with Crippen molar-refractivity contribution in [3.8, 4) is 0 Å². The molecule has 2 heterocycles. The van der Waals surface area contributed by atoms with Gasteiger partial charge in [0.1, 0.15) is 6.33 Å². The summed E-state index contributed by atoms with van der Waals surface area (Å²) in [5, 5.41) is 0. The summed E-state index contributed by atoms with van der Waals surface area (Å²) in [6.07, 6.45) is 6.09. The number of hydrogen-bond donors (Lipinski definition) is 0. The standard InChI is InChI=1S/C25H34N4O4/c1-5-6-7-8-12-15-20(30)33-24(19-13-10-9-11-14-19)29-17-26-22-21(29)23(31)27(4)25(32)28(22)16-18(2)3/h9-11,13-14,17-18,24H,5-8,12,15-16H2,1-4H3. The summed E-state index contributed by atoms with van der Waals surface area (Å²) in [6.45, 7) is 6.57. The zero-order valence-electron chi connectivity index (χ0n) is 20.0. The summed E-state index contributed by atoms with van der Waals surface area (Å²) in [6, 6.07) is 9.28. The molecule has 178 valence electrons. The average Bonchev–Trinajstić information content (AvgIpc) is 3.24. The Labute approximate surface area is 193 Å². The van der Waals surface area contributed by atoms with Gasteiger partial charge in [0.2, 0.25) is 6.23 Å². The van der Waals surface area contributed by atoms with Crippen molar-refractivity contribution in [2.24, 2.45) is 13.0 Å². The Morgan fingerprint density at radius 3 is 2.42 bits per heavy atom. The Bertz CT molecular complexity index is 1190. The molecule has 0 saturated carbocycles. The molecule has 8 heteroatoms. The van der Waals surface area contributed by atoms with Crippen LogP contribution in [0.4, 0.5) is 0 Å². The number of ether oxygens (including phenoxy) is 1. The molecule has 0 spiro atoms. The monoisotopic (exact) mass is 454 g/mol. The topological polar surface area (TPSA) is 88.1 Å². The lowest BCUT2D eigenvalue weighted by atomic mass is 10.1. The first-order valence-corrected chi connectivity index (χ1v) is 11.8. The van der Waals surface area contributed by atoms with Gasteiger partial charge in [0, 0.05) is 25.6 Å². The van der Waals surface area contributed by atoms with Gasteiger partial charge in [0.25, 0.3) is 5.56 Å². The molecule has 0 aliphatic heterocycles. The highest BCUT2D eigenvalue weighted by atomic mass is 16.6. The summed E-state index contributed by atoms with van der Waals surface area (Å²) < 4.78 is 10.1. The maximum Gasteiger partial charge on any atom is 0.332 e. The molecular formula is C25H34N4O4. The van der Waals surface area contributed by atoms with Gasteiger partial charge in [-0.1, -0.05) is 76.8 Å². The summed E-state index contributed by atoms with van der Waals surface area (Å²) in [5.74, 6) is -0.140. The van der Waals surface area contributed by atoms with Crippen molar-refractivity contribution in [1.82, 2.24) is 18.7 Å². The third kappa shape index (κ3) is 5.61. The van der Waals surface area contributed by atoms with E-state index in [0.29, 0.717) is 18.6 Å². The molecule has 1 atom stereocenters. The van der Waals surface area contributed by atoms with Crippen LogP contribution in [0.1, 0.15) is 71.1 Å². The highest BCUT2D eigenvalue weighted by molar-refractivity contribution is 5.72. The van der Waals surface area contributed by atoms with E-state index in [1.165, 1.54) is 17.9 Å². The van der Waals surface area contributed by atoms with Gasteiger partial charge < -0.3 is 4.74 Å². The minimum absolute atomic E-state index is 0.184. The van der Waals surface area contributed by atoms with Crippen LogP contribution in [0.3, 0.4) is 0 Å². The number of unbranched alkanes of at least 4 members (excludes halogenated alkanes) is 4. The van der Waals surface area contributed by atoms with Crippen molar-refractivity contribution < 1.29 is 9.53 Å². The van der Waals surface area contributed by atoms with Crippen LogP contribution in [0, 0.1) is 5.92 Å². The van der Waals surface area contributed by atoms with Gasteiger partial charge in [-0.15, -0.1) is 0 Å². The van der Waals surface area contributed by atoms with E-state index in [4.69, 9.17) is 4.74 Å². The summed E-state index contributed by atoms with van der Waals surface area (Å²) in [7, 11) is 1.46. The predicted octanol–water partition coefficient (Wildman–Crippen LogP) is 4.00. The van der Waals surface area contributed by atoms with Gasteiger partial charge in [0.05, 0.1) is 0 Å². The first-order chi connectivity index (χ1) is 15.8. The Kier molecular flexibility index (Phi) is 8.25. The van der Waals surface area contributed by atoms with Crippen LogP contribution in [-0.2, 0) is 23.1 Å². The molecule has 0 aliphatic carbocycles. The van der Waals surface area contributed by atoms with Gasteiger partial charge in [-0.05, 0) is 12.3 Å². The number of hydrogen-bond acceptors (Lipinski definition) is 5. The number of fused-ring (bicyclic) bond motifs is 1. The zero-order valence-corrected chi connectivity index (χ0v) is 20.0. The fraction of sp³-hybridized carbons (Fsp3) is 0.520. The van der Waals surface area contributed by atoms with E-state index < -0.39 is 17.5 Å². The minimum atomic E-state index is -0.850. The van der Waals surface area contributed by atoms with Crippen LogP contribution >= 0.6 is 0 Å². The smallest absolute Gasteiger partial charge is 0.332 e. The lowest BCUT2D eigenvalue weighted by Crippen LogP contribution is -2.39. The molecule has 0 bridgehead atoms. The fourth-order valence-corrected chi connectivity index (χ4v) is 3.94. The van der Waals surface area contributed by atoms with Crippen LogP contribution in [0.25, 0.3) is 11.2 Å². The molecule has 0 amide bonds. The molecule has 1 aromatic carbocycles. The van der Waals surface area contributed by atoms with Gasteiger partial charge in [-0.25, -0.2) is 9.78 Å². The number of aromatic nitrogens is 4. The highest BCUT2D eigenvalue weighted by Crippen LogP contribution is 2.24. The van der Waals surface area contributed by atoms with Crippen LogP contribution in [-0.4, -0.2) is 24.7 Å². The van der Waals surface area contributed by atoms with Gasteiger partial charge in [0.15, 0.2) is 11.2 Å². The number of benzene rings is 1. The molecule has 3 rings (SSSR count). The second kappa shape index (κ2) is 11.1. The first kappa shape index (κ1) is 24.5. The van der Waals surface area contributed by atoms with E-state index in [1.54, 1.807) is 4.57 Å². The molecule has 3 aromatic rings. The van der Waals surface area contributed by atoms with E-state index in [9.17, 15) is 14.4 Å². The number of rotatable bonds is 11. The van der Waals surface area contributed by atoms with E-state index in [1.807, 2.05) is 44.2 Å². The van der Waals surface area contributed by atoms with Crippen molar-refractivity contribution >= 4 is 17.1 Å². The van der Waals surface area contributed by atoms with Crippen LogP contribution in [0.5, 0.6) is 0 Å². The molecular weight excluding hydrogens is 420 g/mol. The summed E-state index contributed by atoms with van der Waals surface area (Å²) in [4.78, 5) is 43.0. The fourth-order valence-electron chi connectivity index (χ4n) is 3.94. The molecule has 0 saturated heterocycles. The SMILES string of the molecule is CCCCCCCC(=O)OC(c1ccccc1)n1cnc2c1c(=O)n(C)c(=O)n2CC(C)C. The first-order valence-electron chi connectivity index (χ1n) is 11.8. The molecule has 8 nitrogen and oxygen atoms in total. The van der Waals surface area contributed by atoms with E-state index in [0.717, 1.165) is 42.2 Å². The highest BCUT2D eigenvalue weighted by Gasteiger charge is 2.25. The van der Waals surface area contributed by atoms with Crippen molar-refractivity contribution in [1.29, 1.82) is 0 Å². The zero-order chi connectivity index (χ0) is 24.0. The lowest BCUT2D eigenvalue weighted by molar-refractivity contribution is -0.151. The number of carbonyl (C=O) groups excluding carboxylic acids is 1. The van der Waals surface area contributed by atoms with Crippen molar-refractivity contribution in [3.63, 3.8) is 0 Å². The number of imidazole rings is 1. The van der Waals surface area contributed by atoms with Crippen LogP contribution in [0.2, 0.25) is 0 Å². The molecule has 1 unspecified atom stereocenters. The maximum atomic E-state index is 13.1. The second-order valence-electron chi connectivity index (χ2n) is 8.89. The van der Waals surface area contributed by atoms with E-state index in [2.05, 4.69) is 11.9 Å². The van der Waals surface area contributed by atoms with Gasteiger partial charge in [-0.2, -0.15) is 0 Å². The number of nitrogens with zero attached hydrogens (tertiary/aromatic N) is 4. The third-order valence-electron chi connectivity index (χ3n) is 5.67. The van der Waals surface area contributed by atoms with Gasteiger partial charge >= 0.3 is 11.7 Å². The average molecular weight is 455 g/mol. The largest absolute Gasteiger partial charge is 0.437 e. The molecule has 0 fully saturated rings. The van der Waals surface area contributed by atoms with Crippen LogP contribution in [0.15, 0.2) is 46.2 Å². The predicted molar refractivity (Wildman–Crippen MR) is 128 cm³/mol. The second-order valence-corrected chi connectivity index (χ2v) is 8.89. The van der Waals surface area contributed by atoms with Gasteiger partial charge in [-0.3, -0.25) is 23.3 Å². The van der Waals surface area contributed by atoms with Crippen molar-refractivity contribution in [3.05, 3.63) is 63.1 Å². The molecule has 2 aromatic heterocycles. The Morgan fingerprint density at radius 2 is 1.76 bits per heavy atom. The Morgan fingerprint density at radius 1 is 1.06 bits per heavy atom. The summed E-state index contributed by atoms with van der Waals surface area (Å²) >= 11 is 0. The minimum Gasteiger partial charge on any atom is -0.437 e. The quantitative estimate of drug-likeness (QED) is 0.323. The Hall–Kier alpha value is -3.16. The van der Waals surface area contributed by atoms with E-state index in [-0.39, 0.29) is 17.4 Å². The van der Waals surface area contributed by atoms with Crippen LogP contribution < -0.4 is 11.2 Å². The number of esters is 1.